The van der Waals surface area contributed by atoms with E-state index in [4.69, 9.17) is 11.6 Å². The van der Waals surface area contributed by atoms with Gasteiger partial charge in [-0.2, -0.15) is 0 Å². The van der Waals surface area contributed by atoms with Gasteiger partial charge >= 0.3 is 0 Å². The van der Waals surface area contributed by atoms with E-state index >= 15 is 0 Å². The lowest BCUT2D eigenvalue weighted by atomic mass is 10.0. The highest BCUT2D eigenvalue weighted by Crippen LogP contribution is 2.26. The summed E-state index contributed by atoms with van der Waals surface area (Å²) >= 11 is 6.51. The summed E-state index contributed by atoms with van der Waals surface area (Å²) in [6, 6.07) is 15.7. The molecular formula is C25H21ClFN3O. The molecule has 2 aromatic heterocycles. The number of fused-ring (bicyclic) bond motifs is 1. The Morgan fingerprint density at radius 3 is 2.61 bits per heavy atom. The van der Waals surface area contributed by atoms with E-state index < -0.39 is 11.7 Å². The maximum Gasteiger partial charge on any atom is 0.257 e. The molecule has 1 amide bonds. The molecule has 0 spiro atoms. The van der Waals surface area contributed by atoms with Crippen molar-refractivity contribution in [3.63, 3.8) is 0 Å². The van der Waals surface area contributed by atoms with E-state index in [1.54, 1.807) is 35.5 Å². The molecule has 0 N–H and O–H groups in total. The Morgan fingerprint density at radius 1 is 1.06 bits per heavy atom. The average molecular weight is 434 g/mol. The van der Waals surface area contributed by atoms with Crippen LogP contribution in [0.15, 0.2) is 67.0 Å². The van der Waals surface area contributed by atoms with Crippen LogP contribution >= 0.6 is 11.6 Å². The summed E-state index contributed by atoms with van der Waals surface area (Å²) in [6.45, 7) is 4.48. The van der Waals surface area contributed by atoms with Gasteiger partial charge in [-0.05, 0) is 55.3 Å². The molecule has 0 aliphatic heterocycles. The number of halogens is 2. The van der Waals surface area contributed by atoms with Gasteiger partial charge in [0.15, 0.2) is 0 Å². The van der Waals surface area contributed by atoms with Crippen LogP contribution in [0.25, 0.3) is 10.9 Å². The van der Waals surface area contributed by atoms with Crippen molar-refractivity contribution in [2.45, 2.75) is 26.9 Å². The summed E-state index contributed by atoms with van der Waals surface area (Å²) in [5.74, 6) is -0.976. The molecule has 2 aromatic carbocycles. The Morgan fingerprint density at radius 2 is 1.87 bits per heavy atom. The molecule has 0 aliphatic carbocycles. The van der Waals surface area contributed by atoms with Crippen molar-refractivity contribution < 1.29 is 9.18 Å². The zero-order chi connectivity index (χ0) is 22.0. The summed E-state index contributed by atoms with van der Waals surface area (Å²) in [5.41, 5.74) is 4.55. The fraction of sp³-hybridized carbons (Fsp3) is 0.160. The van der Waals surface area contributed by atoms with Gasteiger partial charge in [-0.15, -0.1) is 0 Å². The van der Waals surface area contributed by atoms with E-state index in [0.717, 1.165) is 27.6 Å². The second-order valence-electron chi connectivity index (χ2n) is 7.59. The fourth-order valence-electron chi connectivity index (χ4n) is 3.71. The Hall–Kier alpha value is -3.31. The maximum absolute atomic E-state index is 14.4. The number of rotatable bonds is 5. The van der Waals surface area contributed by atoms with Gasteiger partial charge in [0.1, 0.15) is 11.0 Å². The molecule has 4 nitrogen and oxygen atoms in total. The molecule has 31 heavy (non-hydrogen) atoms. The number of hydrogen-bond donors (Lipinski definition) is 0. The Kier molecular flexibility index (Phi) is 5.96. The molecule has 6 heteroatoms. The predicted molar refractivity (Wildman–Crippen MR) is 120 cm³/mol. The van der Waals surface area contributed by atoms with E-state index in [2.05, 4.69) is 16.0 Å². The summed E-state index contributed by atoms with van der Waals surface area (Å²) in [6.07, 6.45) is 3.36. The van der Waals surface area contributed by atoms with Crippen LogP contribution in [-0.2, 0) is 13.1 Å². The number of carbonyl (C=O) groups is 1. The number of hydrogen-bond acceptors (Lipinski definition) is 3. The van der Waals surface area contributed by atoms with Crippen molar-refractivity contribution in [1.29, 1.82) is 0 Å². The molecule has 156 valence electrons. The Labute approximate surface area is 185 Å². The van der Waals surface area contributed by atoms with Gasteiger partial charge in [0, 0.05) is 36.4 Å². The van der Waals surface area contributed by atoms with Crippen LogP contribution in [0.5, 0.6) is 0 Å². The highest BCUT2D eigenvalue weighted by atomic mass is 35.5. The molecule has 0 atom stereocenters. The van der Waals surface area contributed by atoms with E-state index in [1.165, 1.54) is 12.1 Å². The monoisotopic (exact) mass is 433 g/mol. The first-order valence-electron chi connectivity index (χ1n) is 9.91. The van der Waals surface area contributed by atoms with Crippen molar-refractivity contribution in [1.82, 2.24) is 14.9 Å². The van der Waals surface area contributed by atoms with Gasteiger partial charge in [-0.1, -0.05) is 41.4 Å². The van der Waals surface area contributed by atoms with Gasteiger partial charge in [-0.25, -0.2) is 9.37 Å². The van der Waals surface area contributed by atoms with Crippen molar-refractivity contribution in [3.8, 4) is 0 Å². The lowest BCUT2D eigenvalue weighted by Gasteiger charge is -2.24. The first-order valence-corrected chi connectivity index (χ1v) is 10.3. The smallest absolute Gasteiger partial charge is 0.257 e. The summed E-state index contributed by atoms with van der Waals surface area (Å²) in [5, 5.41) is 1.29. The van der Waals surface area contributed by atoms with Crippen molar-refractivity contribution in [2.75, 3.05) is 0 Å². The number of carbonyl (C=O) groups excluding carboxylic acids is 1. The summed E-state index contributed by atoms with van der Waals surface area (Å²) in [7, 11) is 0. The Balaban J connectivity index is 1.74. The van der Waals surface area contributed by atoms with Crippen LogP contribution in [0.3, 0.4) is 0 Å². The molecule has 0 fully saturated rings. The molecule has 0 bridgehead atoms. The van der Waals surface area contributed by atoms with Crippen molar-refractivity contribution >= 4 is 28.4 Å². The van der Waals surface area contributed by atoms with Crippen LogP contribution in [0.4, 0.5) is 4.39 Å². The van der Waals surface area contributed by atoms with E-state index in [1.807, 2.05) is 32.0 Å². The number of pyridine rings is 2. The second kappa shape index (κ2) is 8.82. The molecule has 0 aliphatic rings. The van der Waals surface area contributed by atoms with Crippen LogP contribution in [0.2, 0.25) is 5.15 Å². The zero-order valence-corrected chi connectivity index (χ0v) is 18.0. The minimum absolute atomic E-state index is 0.0166. The lowest BCUT2D eigenvalue weighted by molar-refractivity contribution is 0.0725. The molecule has 0 saturated heterocycles. The SMILES string of the molecule is Cc1cc(C)c2nc(Cl)c(CN(Cc3cccnc3)C(=O)c3ccccc3F)cc2c1. The number of aromatic nitrogens is 2. The first-order chi connectivity index (χ1) is 14.9. The van der Waals surface area contributed by atoms with Gasteiger partial charge in [0.2, 0.25) is 0 Å². The fourth-order valence-corrected chi connectivity index (χ4v) is 3.90. The predicted octanol–water partition coefficient (Wildman–Crippen LogP) is 5.88. The third kappa shape index (κ3) is 4.57. The van der Waals surface area contributed by atoms with Gasteiger partial charge in [-0.3, -0.25) is 9.78 Å². The zero-order valence-electron chi connectivity index (χ0n) is 17.3. The van der Waals surface area contributed by atoms with Crippen molar-refractivity contribution in [3.05, 3.63) is 106 Å². The van der Waals surface area contributed by atoms with Crippen LogP contribution in [-0.4, -0.2) is 20.8 Å². The van der Waals surface area contributed by atoms with Gasteiger partial charge < -0.3 is 4.90 Å². The second-order valence-corrected chi connectivity index (χ2v) is 7.95. The lowest BCUT2D eigenvalue weighted by Crippen LogP contribution is -2.31. The topological polar surface area (TPSA) is 46.1 Å². The first kappa shape index (κ1) is 20.9. The molecule has 4 rings (SSSR count). The standard InChI is InChI=1S/C25H21ClFN3O/c1-16-10-17(2)23-19(11-16)12-20(24(26)29-23)15-30(14-18-6-5-9-28-13-18)25(31)21-7-3-4-8-22(21)27/h3-13H,14-15H2,1-2H3. The third-order valence-electron chi connectivity index (χ3n) is 5.13. The van der Waals surface area contributed by atoms with E-state index in [-0.39, 0.29) is 18.7 Å². The third-order valence-corrected chi connectivity index (χ3v) is 5.46. The highest BCUT2D eigenvalue weighted by Gasteiger charge is 2.21. The highest BCUT2D eigenvalue weighted by molar-refractivity contribution is 6.30. The molecule has 2 heterocycles. The molecule has 0 radical (unpaired) electrons. The van der Waals surface area contributed by atoms with E-state index in [9.17, 15) is 9.18 Å². The van der Waals surface area contributed by atoms with Crippen LogP contribution < -0.4 is 0 Å². The summed E-state index contributed by atoms with van der Waals surface area (Å²) in [4.78, 5) is 23.5. The number of amides is 1. The number of nitrogens with zero attached hydrogens (tertiary/aromatic N) is 3. The minimum atomic E-state index is -0.558. The largest absolute Gasteiger partial charge is 0.330 e. The quantitative estimate of drug-likeness (QED) is 0.369. The average Bonchev–Trinajstić information content (AvgIpc) is 2.75. The summed E-state index contributed by atoms with van der Waals surface area (Å²) < 4.78 is 14.4. The maximum atomic E-state index is 14.4. The van der Waals surface area contributed by atoms with Gasteiger partial charge in [0.05, 0.1) is 11.1 Å². The number of aryl methyl sites for hydroxylation is 2. The molecular weight excluding hydrogens is 413 g/mol. The van der Waals surface area contributed by atoms with Gasteiger partial charge in [0.25, 0.3) is 5.91 Å². The normalized spacial score (nSPS) is 11.0. The van der Waals surface area contributed by atoms with E-state index in [0.29, 0.717) is 10.7 Å². The Bertz CT molecular complexity index is 1260. The minimum Gasteiger partial charge on any atom is -0.330 e. The number of benzene rings is 2. The van der Waals surface area contributed by atoms with Crippen LogP contribution in [0.1, 0.15) is 32.6 Å². The van der Waals surface area contributed by atoms with Crippen molar-refractivity contribution in [2.24, 2.45) is 0 Å². The van der Waals surface area contributed by atoms with Crippen LogP contribution in [0, 0.1) is 19.7 Å². The molecule has 0 saturated carbocycles. The molecule has 4 aromatic rings. The molecule has 0 unspecified atom stereocenters.